The summed E-state index contributed by atoms with van der Waals surface area (Å²) in [5, 5.41) is -1.60. The summed E-state index contributed by atoms with van der Waals surface area (Å²) in [5.41, 5.74) is -0.225. The lowest BCUT2D eigenvalue weighted by Crippen LogP contribution is -2.39. The van der Waals surface area contributed by atoms with E-state index < -0.39 is 16.7 Å². The van der Waals surface area contributed by atoms with Crippen LogP contribution in [0.25, 0.3) is 0 Å². The van der Waals surface area contributed by atoms with Gasteiger partial charge in [-0.15, -0.1) is 0 Å². The van der Waals surface area contributed by atoms with Crippen LogP contribution in [0, 0.1) is 0 Å². The molecule has 1 saturated carbocycles. The largest absolute Gasteiger partial charge is 0.476 e. The Morgan fingerprint density at radius 2 is 2.00 bits per heavy atom. The molecule has 0 N–H and O–H groups in total. The standard InChI is InChI=1S/C15H18ClFO3/c1-4-19-13(18)14(2,3)20-11-7-5-10(6-8-11)12-9-15(12,16)17/h5-8,12H,4,9H2,1-3H3. The molecule has 2 unspecified atom stereocenters. The fourth-order valence-corrected chi connectivity index (χ4v) is 2.26. The van der Waals surface area contributed by atoms with E-state index in [9.17, 15) is 9.18 Å². The van der Waals surface area contributed by atoms with Crippen LogP contribution >= 0.6 is 11.6 Å². The van der Waals surface area contributed by atoms with E-state index in [1.165, 1.54) is 0 Å². The Morgan fingerprint density at radius 1 is 1.45 bits per heavy atom. The Morgan fingerprint density at radius 3 is 2.45 bits per heavy atom. The summed E-state index contributed by atoms with van der Waals surface area (Å²) in [4.78, 5) is 11.7. The molecule has 110 valence electrons. The molecular weight excluding hydrogens is 283 g/mol. The van der Waals surface area contributed by atoms with Gasteiger partial charge >= 0.3 is 5.97 Å². The lowest BCUT2D eigenvalue weighted by Gasteiger charge is -2.24. The highest BCUT2D eigenvalue weighted by Gasteiger charge is 2.54. The molecule has 1 aromatic carbocycles. The maximum Gasteiger partial charge on any atom is 0.349 e. The van der Waals surface area contributed by atoms with E-state index in [1.807, 2.05) is 0 Å². The number of alkyl halides is 2. The Balaban J connectivity index is 2.02. The summed E-state index contributed by atoms with van der Waals surface area (Å²) < 4.78 is 24.0. The molecule has 1 aliphatic carbocycles. The molecule has 1 aromatic rings. The summed E-state index contributed by atoms with van der Waals surface area (Å²) >= 11 is 5.61. The van der Waals surface area contributed by atoms with Crippen molar-refractivity contribution in [1.82, 2.24) is 0 Å². The van der Waals surface area contributed by atoms with E-state index in [4.69, 9.17) is 21.1 Å². The highest BCUT2D eigenvalue weighted by atomic mass is 35.5. The smallest absolute Gasteiger partial charge is 0.349 e. The zero-order valence-electron chi connectivity index (χ0n) is 11.8. The molecule has 5 heteroatoms. The first-order valence-electron chi connectivity index (χ1n) is 6.60. The minimum Gasteiger partial charge on any atom is -0.476 e. The Kier molecular flexibility index (Phi) is 3.96. The topological polar surface area (TPSA) is 35.5 Å². The van der Waals surface area contributed by atoms with Gasteiger partial charge in [0.05, 0.1) is 6.61 Å². The average Bonchev–Trinajstić information content (AvgIpc) is 2.99. The van der Waals surface area contributed by atoms with Crippen LogP contribution < -0.4 is 4.74 Å². The van der Waals surface area contributed by atoms with E-state index in [0.29, 0.717) is 18.8 Å². The molecule has 20 heavy (non-hydrogen) atoms. The first kappa shape index (κ1) is 15.1. The molecular formula is C15H18ClFO3. The molecule has 3 nitrogen and oxygen atoms in total. The predicted octanol–water partition coefficient (Wildman–Crippen LogP) is 3.80. The van der Waals surface area contributed by atoms with Gasteiger partial charge in [-0.05, 0) is 38.5 Å². The van der Waals surface area contributed by atoms with Crippen molar-refractivity contribution in [1.29, 1.82) is 0 Å². The highest BCUT2D eigenvalue weighted by molar-refractivity contribution is 6.25. The van der Waals surface area contributed by atoms with Crippen molar-refractivity contribution in [3.63, 3.8) is 0 Å². The van der Waals surface area contributed by atoms with Crippen LogP contribution in [0.15, 0.2) is 24.3 Å². The van der Waals surface area contributed by atoms with Gasteiger partial charge in [0.25, 0.3) is 0 Å². The summed E-state index contributed by atoms with van der Waals surface area (Å²) in [6.45, 7) is 5.34. The van der Waals surface area contributed by atoms with Gasteiger partial charge in [0.1, 0.15) is 5.75 Å². The van der Waals surface area contributed by atoms with Crippen LogP contribution in [-0.4, -0.2) is 23.3 Å². The van der Waals surface area contributed by atoms with Crippen molar-refractivity contribution in [2.45, 2.75) is 43.8 Å². The molecule has 0 radical (unpaired) electrons. The van der Waals surface area contributed by atoms with E-state index in [2.05, 4.69) is 0 Å². The molecule has 0 bridgehead atoms. The number of halogens is 2. The average molecular weight is 301 g/mol. The Bertz CT molecular complexity index is 496. The zero-order chi connectivity index (χ0) is 15.0. The van der Waals surface area contributed by atoms with Crippen LogP contribution in [0.2, 0.25) is 0 Å². The van der Waals surface area contributed by atoms with Crippen LogP contribution in [0.3, 0.4) is 0 Å². The molecule has 1 aliphatic rings. The fraction of sp³-hybridized carbons (Fsp3) is 0.533. The lowest BCUT2D eigenvalue weighted by molar-refractivity contribution is -0.158. The van der Waals surface area contributed by atoms with Gasteiger partial charge < -0.3 is 9.47 Å². The van der Waals surface area contributed by atoms with Crippen molar-refractivity contribution in [3.05, 3.63) is 29.8 Å². The summed E-state index contributed by atoms with van der Waals surface area (Å²) in [6.07, 6.45) is 0.336. The normalized spacial score (nSPS) is 25.1. The molecule has 0 amide bonds. The third kappa shape index (κ3) is 3.23. The second-order valence-electron chi connectivity index (χ2n) is 5.42. The van der Waals surface area contributed by atoms with Gasteiger partial charge in [-0.1, -0.05) is 23.7 Å². The first-order chi connectivity index (χ1) is 9.26. The quantitative estimate of drug-likeness (QED) is 0.613. The SMILES string of the molecule is CCOC(=O)C(C)(C)Oc1ccc(C2CC2(F)Cl)cc1. The van der Waals surface area contributed by atoms with Crippen LogP contribution in [0.1, 0.15) is 38.7 Å². The maximum absolute atomic E-state index is 13.4. The number of hydrogen-bond acceptors (Lipinski definition) is 3. The molecule has 0 saturated heterocycles. The van der Waals surface area contributed by atoms with Gasteiger partial charge in [-0.25, -0.2) is 9.18 Å². The first-order valence-corrected chi connectivity index (χ1v) is 6.98. The van der Waals surface area contributed by atoms with Crippen molar-refractivity contribution in [2.75, 3.05) is 6.61 Å². The number of carbonyl (C=O) groups excluding carboxylic acids is 1. The third-order valence-corrected chi connectivity index (χ3v) is 3.67. The minimum absolute atomic E-state index is 0.253. The maximum atomic E-state index is 13.4. The molecule has 0 spiro atoms. The van der Waals surface area contributed by atoms with E-state index in [-0.39, 0.29) is 5.92 Å². The van der Waals surface area contributed by atoms with E-state index >= 15 is 0 Å². The van der Waals surface area contributed by atoms with Crippen molar-refractivity contribution in [3.8, 4) is 5.75 Å². The number of benzene rings is 1. The summed E-state index contributed by atoms with van der Waals surface area (Å²) in [5.74, 6) is -0.141. The van der Waals surface area contributed by atoms with E-state index in [1.54, 1.807) is 45.0 Å². The van der Waals surface area contributed by atoms with Gasteiger partial charge in [0.2, 0.25) is 0 Å². The molecule has 0 aliphatic heterocycles. The number of rotatable bonds is 5. The summed E-state index contributed by atoms with van der Waals surface area (Å²) in [6, 6.07) is 6.96. The molecule has 2 atom stereocenters. The van der Waals surface area contributed by atoms with E-state index in [0.717, 1.165) is 5.56 Å². The predicted molar refractivity (Wildman–Crippen MR) is 74.8 cm³/mol. The summed E-state index contributed by atoms with van der Waals surface area (Å²) in [7, 11) is 0. The number of esters is 1. The van der Waals surface area contributed by atoms with Crippen molar-refractivity contribution < 1.29 is 18.7 Å². The number of ether oxygens (including phenoxy) is 2. The molecule has 0 heterocycles. The van der Waals surface area contributed by atoms with Gasteiger partial charge in [-0.3, -0.25) is 0 Å². The zero-order valence-corrected chi connectivity index (χ0v) is 12.5. The van der Waals surface area contributed by atoms with Crippen LogP contribution in [-0.2, 0) is 9.53 Å². The number of carbonyl (C=O) groups is 1. The molecule has 1 fully saturated rings. The van der Waals surface area contributed by atoms with Gasteiger partial charge in [0.15, 0.2) is 10.7 Å². The lowest BCUT2D eigenvalue weighted by atomic mass is 10.1. The van der Waals surface area contributed by atoms with Crippen LogP contribution in [0.5, 0.6) is 5.75 Å². The monoisotopic (exact) mass is 300 g/mol. The second kappa shape index (κ2) is 5.24. The Hall–Kier alpha value is -1.29. The minimum atomic E-state index is -1.60. The number of hydrogen-bond donors (Lipinski definition) is 0. The molecule has 2 rings (SSSR count). The van der Waals surface area contributed by atoms with Gasteiger partial charge in [-0.2, -0.15) is 0 Å². The van der Waals surface area contributed by atoms with Gasteiger partial charge in [0, 0.05) is 12.3 Å². The van der Waals surface area contributed by atoms with Crippen molar-refractivity contribution >= 4 is 17.6 Å². The third-order valence-electron chi connectivity index (χ3n) is 3.25. The highest BCUT2D eigenvalue weighted by Crippen LogP contribution is 2.57. The second-order valence-corrected chi connectivity index (χ2v) is 6.05. The van der Waals surface area contributed by atoms with Crippen LogP contribution in [0.4, 0.5) is 4.39 Å². The van der Waals surface area contributed by atoms with Crippen molar-refractivity contribution in [2.24, 2.45) is 0 Å². The molecule has 0 aromatic heterocycles. The Labute approximate surface area is 123 Å². The fourth-order valence-electron chi connectivity index (χ4n) is 1.98.